The second kappa shape index (κ2) is 8.46. The van der Waals surface area contributed by atoms with Crippen LogP contribution in [-0.2, 0) is 4.79 Å². The summed E-state index contributed by atoms with van der Waals surface area (Å²) in [5.41, 5.74) is 8.91. The maximum Gasteiger partial charge on any atom is 0.277 e. The molecule has 1 aromatic heterocycles. The van der Waals surface area contributed by atoms with Gasteiger partial charge < -0.3 is 9.64 Å². The number of anilines is 1. The number of amides is 1. The van der Waals surface area contributed by atoms with Gasteiger partial charge in [0.1, 0.15) is 11.3 Å². The largest absolute Gasteiger partial charge is 0.481 e. The van der Waals surface area contributed by atoms with Crippen LogP contribution in [0, 0.1) is 6.92 Å². The highest BCUT2D eigenvalue weighted by Gasteiger charge is 2.28. The lowest BCUT2D eigenvalue weighted by atomic mass is 9.87. The molecule has 1 aliphatic heterocycles. The monoisotopic (exact) mass is 428 g/mol. The van der Waals surface area contributed by atoms with Gasteiger partial charge in [-0.25, -0.2) is 5.43 Å². The van der Waals surface area contributed by atoms with Gasteiger partial charge in [-0.2, -0.15) is 5.10 Å². The second-order valence-corrected chi connectivity index (χ2v) is 8.68. The third kappa shape index (κ3) is 4.21. The molecule has 0 spiro atoms. The van der Waals surface area contributed by atoms with E-state index in [9.17, 15) is 4.79 Å². The number of carbonyl (C=O) groups excluding carboxylic acids is 1. The van der Waals surface area contributed by atoms with E-state index in [0.29, 0.717) is 5.75 Å². The summed E-state index contributed by atoms with van der Waals surface area (Å²) in [6.45, 7) is 8.45. The summed E-state index contributed by atoms with van der Waals surface area (Å²) >= 11 is 0. The highest BCUT2D eigenvalue weighted by molar-refractivity contribution is 5.90. The fraction of sp³-hybridized carbons (Fsp3) is 0.269. The Bertz CT molecular complexity index is 1240. The quantitative estimate of drug-likeness (QED) is 0.472. The first-order chi connectivity index (χ1) is 15.3. The van der Waals surface area contributed by atoms with Crippen molar-refractivity contribution in [3.8, 4) is 5.75 Å². The summed E-state index contributed by atoms with van der Waals surface area (Å²) in [4.78, 5) is 18.9. The van der Waals surface area contributed by atoms with Crippen LogP contribution in [0.15, 0.2) is 59.8 Å². The van der Waals surface area contributed by atoms with Crippen LogP contribution in [0.4, 0.5) is 5.69 Å². The molecule has 1 N–H and O–H groups in total. The Morgan fingerprint density at radius 3 is 2.81 bits per heavy atom. The van der Waals surface area contributed by atoms with Crippen LogP contribution in [0.2, 0.25) is 0 Å². The van der Waals surface area contributed by atoms with Gasteiger partial charge in [0.25, 0.3) is 5.91 Å². The Morgan fingerprint density at radius 2 is 2.00 bits per heavy atom. The van der Waals surface area contributed by atoms with E-state index >= 15 is 0 Å². The molecule has 0 fully saturated rings. The number of allylic oxidation sites excluding steroid dienone is 1. The van der Waals surface area contributed by atoms with E-state index in [-0.39, 0.29) is 18.1 Å². The number of fused-ring (bicyclic) bond motifs is 2. The number of hydrazone groups is 1. The minimum atomic E-state index is -0.331. The summed E-state index contributed by atoms with van der Waals surface area (Å²) in [7, 11) is 2.11. The molecule has 1 amide bonds. The molecule has 0 aliphatic carbocycles. The standard InChI is InChI=1S/C26H28N4O2/c1-17-12-22-21(18(2)14-26(3,4)30(22)5)13-20(17)15-28-29-24(31)16-32-23-10-6-8-19-9-7-11-27-25(19)23/h6-15H,16H2,1-5H3,(H,29,31)/b28-15-. The van der Waals surface area contributed by atoms with Gasteiger partial charge in [0.15, 0.2) is 6.61 Å². The molecular weight excluding hydrogens is 400 g/mol. The first kappa shape index (κ1) is 21.6. The summed E-state index contributed by atoms with van der Waals surface area (Å²) in [6.07, 6.45) is 5.66. The van der Waals surface area contributed by atoms with Crippen LogP contribution >= 0.6 is 0 Å². The first-order valence-electron chi connectivity index (χ1n) is 10.6. The first-order valence-corrected chi connectivity index (χ1v) is 10.6. The molecule has 32 heavy (non-hydrogen) atoms. The number of nitrogens with one attached hydrogen (secondary N) is 1. The lowest BCUT2D eigenvalue weighted by Gasteiger charge is -2.41. The van der Waals surface area contributed by atoms with Crippen LogP contribution in [0.1, 0.15) is 37.5 Å². The molecule has 164 valence electrons. The van der Waals surface area contributed by atoms with Gasteiger partial charge in [0, 0.05) is 29.9 Å². The number of ether oxygens (including phenoxy) is 1. The topological polar surface area (TPSA) is 66.8 Å². The van der Waals surface area contributed by atoms with Crippen LogP contribution in [0.25, 0.3) is 16.5 Å². The predicted octanol–water partition coefficient (Wildman–Crippen LogP) is 4.70. The Balaban J connectivity index is 1.43. The Morgan fingerprint density at radius 1 is 1.22 bits per heavy atom. The number of para-hydroxylation sites is 1. The van der Waals surface area contributed by atoms with Gasteiger partial charge in [-0.05, 0) is 68.7 Å². The van der Waals surface area contributed by atoms with E-state index < -0.39 is 0 Å². The smallest absolute Gasteiger partial charge is 0.277 e. The molecule has 0 saturated heterocycles. The third-order valence-electron chi connectivity index (χ3n) is 5.95. The zero-order chi connectivity index (χ0) is 22.9. The van der Waals surface area contributed by atoms with Crippen LogP contribution in [0.5, 0.6) is 5.75 Å². The predicted molar refractivity (Wildman–Crippen MR) is 130 cm³/mol. The highest BCUT2D eigenvalue weighted by atomic mass is 16.5. The average molecular weight is 429 g/mol. The van der Waals surface area contributed by atoms with Gasteiger partial charge in [-0.3, -0.25) is 9.78 Å². The van der Waals surface area contributed by atoms with Gasteiger partial charge in [-0.15, -0.1) is 0 Å². The number of nitrogens with zero attached hydrogens (tertiary/aromatic N) is 3. The molecule has 2 heterocycles. The van der Waals surface area contributed by atoms with Crippen molar-refractivity contribution in [2.24, 2.45) is 5.10 Å². The number of hydrogen-bond acceptors (Lipinski definition) is 5. The highest BCUT2D eigenvalue weighted by Crippen LogP contribution is 2.38. The maximum absolute atomic E-state index is 12.2. The molecule has 0 radical (unpaired) electrons. The van der Waals surface area contributed by atoms with Gasteiger partial charge in [0.2, 0.25) is 0 Å². The molecule has 4 rings (SSSR count). The van der Waals surface area contributed by atoms with Gasteiger partial charge in [0.05, 0.1) is 11.8 Å². The normalized spacial score (nSPS) is 14.9. The van der Waals surface area contributed by atoms with Crippen molar-refractivity contribution >= 4 is 34.3 Å². The fourth-order valence-electron chi connectivity index (χ4n) is 4.00. The maximum atomic E-state index is 12.2. The Hall–Kier alpha value is -3.67. The second-order valence-electron chi connectivity index (χ2n) is 8.68. The van der Waals surface area contributed by atoms with Crippen molar-refractivity contribution in [2.75, 3.05) is 18.6 Å². The van der Waals surface area contributed by atoms with E-state index in [2.05, 4.69) is 73.4 Å². The van der Waals surface area contributed by atoms with Crippen LogP contribution in [0.3, 0.4) is 0 Å². The number of hydrogen-bond donors (Lipinski definition) is 1. The fourth-order valence-corrected chi connectivity index (χ4v) is 4.00. The van der Waals surface area contributed by atoms with Crippen LogP contribution in [-0.4, -0.2) is 36.3 Å². The molecule has 0 bridgehead atoms. The van der Waals surface area contributed by atoms with E-state index in [4.69, 9.17) is 4.74 Å². The number of carbonyl (C=O) groups is 1. The third-order valence-corrected chi connectivity index (χ3v) is 5.95. The molecule has 0 atom stereocenters. The molecule has 2 aromatic carbocycles. The Kier molecular flexibility index (Phi) is 5.70. The van der Waals surface area contributed by atoms with Gasteiger partial charge in [-0.1, -0.05) is 24.3 Å². The minimum Gasteiger partial charge on any atom is -0.481 e. The lowest BCUT2D eigenvalue weighted by molar-refractivity contribution is -0.123. The summed E-state index contributed by atoms with van der Waals surface area (Å²) in [5.74, 6) is 0.240. The number of pyridine rings is 1. The molecule has 1 aliphatic rings. The van der Waals surface area contributed by atoms with Crippen molar-refractivity contribution in [2.45, 2.75) is 33.2 Å². The zero-order valence-corrected chi connectivity index (χ0v) is 19.1. The van der Waals surface area contributed by atoms with Crippen molar-refractivity contribution in [3.05, 3.63) is 71.4 Å². The van der Waals surface area contributed by atoms with Crippen molar-refractivity contribution in [3.63, 3.8) is 0 Å². The number of likely N-dealkylation sites (N-methyl/N-ethyl adjacent to an activating group) is 1. The lowest BCUT2D eigenvalue weighted by Crippen LogP contribution is -2.42. The van der Waals surface area contributed by atoms with E-state index in [0.717, 1.165) is 22.0 Å². The van der Waals surface area contributed by atoms with Gasteiger partial charge >= 0.3 is 0 Å². The average Bonchev–Trinajstić information content (AvgIpc) is 2.76. The van der Waals surface area contributed by atoms with Crippen LogP contribution < -0.4 is 15.1 Å². The Labute approximate surface area is 188 Å². The molecule has 6 heteroatoms. The van der Waals surface area contributed by atoms with E-state index in [1.54, 1.807) is 18.5 Å². The molecular formula is C26H28N4O2. The molecule has 6 nitrogen and oxygen atoms in total. The zero-order valence-electron chi connectivity index (χ0n) is 19.1. The SMILES string of the molecule is CC1=CC(C)(C)N(C)c2cc(C)c(/C=N\NC(=O)COc3cccc4cccnc34)cc21. The van der Waals surface area contributed by atoms with Crippen molar-refractivity contribution < 1.29 is 9.53 Å². The molecule has 0 unspecified atom stereocenters. The summed E-state index contributed by atoms with van der Waals surface area (Å²) < 4.78 is 5.67. The number of aromatic nitrogens is 1. The number of aryl methyl sites for hydroxylation is 1. The summed E-state index contributed by atoms with van der Waals surface area (Å²) in [5, 5.41) is 5.11. The van der Waals surface area contributed by atoms with Crippen molar-refractivity contribution in [1.29, 1.82) is 0 Å². The van der Waals surface area contributed by atoms with E-state index in [1.807, 2.05) is 24.3 Å². The van der Waals surface area contributed by atoms with Crippen molar-refractivity contribution in [1.82, 2.24) is 10.4 Å². The molecule has 0 saturated carbocycles. The molecule has 3 aromatic rings. The van der Waals surface area contributed by atoms with E-state index in [1.165, 1.54) is 16.8 Å². The number of rotatable bonds is 5. The number of benzene rings is 2. The minimum absolute atomic E-state index is 0.0350. The summed E-state index contributed by atoms with van der Waals surface area (Å²) in [6, 6.07) is 13.8.